The molecule has 0 bridgehead atoms. The number of rotatable bonds is 6. The van der Waals surface area contributed by atoms with Gasteiger partial charge in [0, 0.05) is 18.7 Å². The molecule has 1 atom stereocenters. The predicted octanol–water partition coefficient (Wildman–Crippen LogP) is 4.09. The van der Waals surface area contributed by atoms with Crippen LogP contribution in [0.3, 0.4) is 0 Å². The van der Waals surface area contributed by atoms with Crippen LogP contribution in [0.2, 0.25) is 10.0 Å². The fraction of sp³-hybridized carbons (Fsp3) is 0.286. The first-order valence-electron chi connectivity index (χ1n) is 9.18. The summed E-state index contributed by atoms with van der Waals surface area (Å²) in [6, 6.07) is 12.5. The Morgan fingerprint density at radius 1 is 1.17 bits per heavy atom. The zero-order valence-electron chi connectivity index (χ0n) is 15.8. The van der Waals surface area contributed by atoms with Crippen molar-refractivity contribution >= 4 is 52.4 Å². The lowest BCUT2D eigenvalue weighted by Gasteiger charge is -2.17. The molecule has 1 heterocycles. The predicted molar refractivity (Wildman–Crippen MR) is 112 cm³/mol. The number of anilines is 2. The van der Waals surface area contributed by atoms with Crippen LogP contribution < -0.4 is 10.2 Å². The van der Waals surface area contributed by atoms with Crippen molar-refractivity contribution < 1.29 is 19.1 Å². The Kier molecular flexibility index (Phi) is 6.77. The monoisotopic (exact) mass is 434 g/mol. The average Bonchev–Trinajstić information content (AvgIpc) is 3.11. The van der Waals surface area contributed by atoms with Gasteiger partial charge >= 0.3 is 5.97 Å². The van der Waals surface area contributed by atoms with E-state index in [0.29, 0.717) is 10.7 Å². The van der Waals surface area contributed by atoms with E-state index in [4.69, 9.17) is 27.9 Å². The number of hydrogen-bond donors (Lipinski definition) is 1. The summed E-state index contributed by atoms with van der Waals surface area (Å²) < 4.78 is 5.09. The second kappa shape index (κ2) is 9.29. The maximum absolute atomic E-state index is 12.3. The quantitative estimate of drug-likeness (QED) is 0.694. The zero-order valence-corrected chi connectivity index (χ0v) is 17.3. The first kappa shape index (κ1) is 21.1. The highest BCUT2D eigenvalue weighted by Crippen LogP contribution is 2.29. The topological polar surface area (TPSA) is 75.7 Å². The van der Waals surface area contributed by atoms with Crippen LogP contribution in [0.25, 0.3) is 0 Å². The Morgan fingerprint density at radius 2 is 1.90 bits per heavy atom. The highest BCUT2D eigenvalue weighted by molar-refractivity contribution is 6.44. The van der Waals surface area contributed by atoms with Crippen molar-refractivity contribution in [2.24, 2.45) is 5.92 Å². The van der Waals surface area contributed by atoms with E-state index < -0.39 is 24.4 Å². The minimum absolute atomic E-state index is 0.0517. The standard InChI is InChI=1S/C21H20Cl2N2O4/c1-2-13-6-8-15(9-7-13)25-11-14(10-19(25)27)21(28)29-12-18(26)24-17-5-3-4-16(22)20(17)23/h3-9,14H,2,10-12H2,1H3,(H,24,26). The molecule has 1 N–H and O–H groups in total. The third kappa shape index (κ3) is 5.08. The molecule has 0 spiro atoms. The van der Waals surface area contributed by atoms with Gasteiger partial charge in [0.05, 0.1) is 21.7 Å². The van der Waals surface area contributed by atoms with Gasteiger partial charge in [0.25, 0.3) is 5.91 Å². The van der Waals surface area contributed by atoms with Crippen LogP contribution in [-0.2, 0) is 25.5 Å². The van der Waals surface area contributed by atoms with Gasteiger partial charge in [0.1, 0.15) is 0 Å². The molecule has 3 rings (SSSR count). The maximum atomic E-state index is 12.3. The molecular weight excluding hydrogens is 415 g/mol. The van der Waals surface area contributed by atoms with E-state index in [0.717, 1.165) is 12.1 Å². The van der Waals surface area contributed by atoms with Gasteiger partial charge in [-0.05, 0) is 36.2 Å². The number of carbonyl (C=O) groups is 3. The number of hydrogen-bond acceptors (Lipinski definition) is 4. The molecule has 8 heteroatoms. The normalized spacial score (nSPS) is 16.0. The molecule has 1 fully saturated rings. The number of ether oxygens (including phenoxy) is 1. The SMILES string of the molecule is CCc1ccc(N2CC(C(=O)OCC(=O)Nc3cccc(Cl)c3Cl)CC2=O)cc1. The van der Waals surface area contributed by atoms with E-state index in [1.54, 1.807) is 23.1 Å². The summed E-state index contributed by atoms with van der Waals surface area (Å²) in [5, 5.41) is 3.05. The van der Waals surface area contributed by atoms with Crippen molar-refractivity contribution in [1.29, 1.82) is 0 Å². The smallest absolute Gasteiger partial charge is 0.311 e. The fourth-order valence-electron chi connectivity index (χ4n) is 3.07. The van der Waals surface area contributed by atoms with Crippen molar-refractivity contribution in [3.63, 3.8) is 0 Å². The van der Waals surface area contributed by atoms with E-state index in [2.05, 4.69) is 12.2 Å². The number of amides is 2. The van der Waals surface area contributed by atoms with Gasteiger partial charge in [-0.2, -0.15) is 0 Å². The number of halogens is 2. The highest BCUT2D eigenvalue weighted by atomic mass is 35.5. The molecule has 1 unspecified atom stereocenters. The average molecular weight is 435 g/mol. The summed E-state index contributed by atoms with van der Waals surface area (Å²) >= 11 is 11.9. The summed E-state index contributed by atoms with van der Waals surface area (Å²) in [7, 11) is 0. The van der Waals surface area contributed by atoms with Crippen molar-refractivity contribution in [3.8, 4) is 0 Å². The van der Waals surface area contributed by atoms with Crippen LogP contribution in [0.5, 0.6) is 0 Å². The van der Waals surface area contributed by atoms with Gasteiger partial charge in [-0.25, -0.2) is 0 Å². The number of nitrogens with one attached hydrogen (secondary N) is 1. The Labute approximate surface area is 178 Å². The van der Waals surface area contributed by atoms with Gasteiger partial charge in [0.15, 0.2) is 6.61 Å². The van der Waals surface area contributed by atoms with Crippen LogP contribution in [0.4, 0.5) is 11.4 Å². The molecule has 2 aromatic rings. The van der Waals surface area contributed by atoms with E-state index in [1.165, 1.54) is 5.56 Å². The molecule has 1 saturated heterocycles. The highest BCUT2D eigenvalue weighted by Gasteiger charge is 2.36. The third-order valence-electron chi connectivity index (χ3n) is 4.69. The minimum atomic E-state index is -0.615. The summed E-state index contributed by atoms with van der Waals surface area (Å²) in [5.74, 6) is -1.89. The van der Waals surface area contributed by atoms with E-state index in [-0.39, 0.29) is 23.9 Å². The fourth-order valence-corrected chi connectivity index (χ4v) is 3.42. The van der Waals surface area contributed by atoms with Gasteiger partial charge < -0.3 is 15.0 Å². The van der Waals surface area contributed by atoms with E-state index >= 15 is 0 Å². The summed E-state index contributed by atoms with van der Waals surface area (Å²) in [6.07, 6.45) is 0.960. The molecule has 1 aliphatic heterocycles. The molecule has 0 saturated carbocycles. The van der Waals surface area contributed by atoms with Crippen molar-refractivity contribution in [1.82, 2.24) is 0 Å². The Hall–Kier alpha value is -2.57. The van der Waals surface area contributed by atoms with Crippen LogP contribution in [-0.4, -0.2) is 30.9 Å². The maximum Gasteiger partial charge on any atom is 0.311 e. The Bertz CT molecular complexity index is 931. The van der Waals surface area contributed by atoms with Crippen molar-refractivity contribution in [2.75, 3.05) is 23.4 Å². The van der Waals surface area contributed by atoms with Crippen LogP contribution in [0.15, 0.2) is 42.5 Å². The number of carbonyl (C=O) groups excluding carboxylic acids is 3. The summed E-state index contributed by atoms with van der Waals surface area (Å²) in [6.45, 7) is 1.81. The minimum Gasteiger partial charge on any atom is -0.455 e. The Balaban J connectivity index is 1.53. The molecule has 152 valence electrons. The third-order valence-corrected chi connectivity index (χ3v) is 5.50. The number of aryl methyl sites for hydroxylation is 1. The van der Waals surface area contributed by atoms with Crippen molar-refractivity contribution in [2.45, 2.75) is 19.8 Å². The molecule has 2 amide bonds. The molecule has 6 nitrogen and oxygen atoms in total. The summed E-state index contributed by atoms with van der Waals surface area (Å²) in [5.41, 5.74) is 2.25. The lowest BCUT2D eigenvalue weighted by atomic mass is 10.1. The molecular formula is C21H20Cl2N2O4. The first-order valence-corrected chi connectivity index (χ1v) is 9.94. The second-order valence-electron chi connectivity index (χ2n) is 6.68. The molecule has 2 aromatic carbocycles. The van der Waals surface area contributed by atoms with E-state index in [1.807, 2.05) is 24.3 Å². The summed E-state index contributed by atoms with van der Waals surface area (Å²) in [4.78, 5) is 38.2. The number of esters is 1. The van der Waals surface area contributed by atoms with Gasteiger partial charge in [0.2, 0.25) is 5.91 Å². The first-order chi connectivity index (χ1) is 13.9. The number of nitrogens with zero attached hydrogens (tertiary/aromatic N) is 1. The van der Waals surface area contributed by atoms with E-state index in [9.17, 15) is 14.4 Å². The lowest BCUT2D eigenvalue weighted by Crippen LogP contribution is -2.28. The van der Waals surface area contributed by atoms with Crippen molar-refractivity contribution in [3.05, 3.63) is 58.1 Å². The molecule has 1 aliphatic rings. The molecule has 0 aliphatic carbocycles. The second-order valence-corrected chi connectivity index (χ2v) is 7.47. The van der Waals surface area contributed by atoms with Gasteiger partial charge in [-0.3, -0.25) is 14.4 Å². The van der Waals surface area contributed by atoms with Crippen LogP contribution in [0, 0.1) is 5.92 Å². The van der Waals surface area contributed by atoms with Gasteiger partial charge in [-0.1, -0.05) is 48.3 Å². The molecule has 0 aromatic heterocycles. The molecule has 0 radical (unpaired) electrons. The Morgan fingerprint density at radius 3 is 2.59 bits per heavy atom. The van der Waals surface area contributed by atoms with Crippen LogP contribution >= 0.6 is 23.2 Å². The lowest BCUT2D eigenvalue weighted by molar-refractivity contribution is -0.151. The molecule has 29 heavy (non-hydrogen) atoms. The zero-order chi connectivity index (χ0) is 21.0. The van der Waals surface area contributed by atoms with Crippen LogP contribution in [0.1, 0.15) is 18.9 Å². The largest absolute Gasteiger partial charge is 0.455 e. The van der Waals surface area contributed by atoms with Gasteiger partial charge in [-0.15, -0.1) is 0 Å². The number of benzene rings is 2.